The quantitative estimate of drug-likeness (QED) is 0.0612. The van der Waals surface area contributed by atoms with Gasteiger partial charge in [0.15, 0.2) is 6.61 Å². The summed E-state index contributed by atoms with van der Waals surface area (Å²) < 4.78 is 5.50. The van der Waals surface area contributed by atoms with Crippen LogP contribution in [0.3, 0.4) is 0 Å². The Hall–Kier alpha value is -7.36. The number of carbonyl (C=O) groups is 8. The lowest BCUT2D eigenvalue weighted by Crippen LogP contribution is -2.54. The number of hydrogen-bond acceptors (Lipinski definition) is 10. The van der Waals surface area contributed by atoms with Gasteiger partial charge in [-0.05, 0) is 110 Å². The average molecular weight is 868 g/mol. The molecule has 8 amide bonds. The molecule has 3 heterocycles. The molecule has 1 aliphatic carbocycles. The molecule has 8 rings (SSSR count). The van der Waals surface area contributed by atoms with Gasteiger partial charge in [-0.1, -0.05) is 37.8 Å². The van der Waals surface area contributed by atoms with Crippen molar-refractivity contribution < 1.29 is 43.1 Å². The molecule has 330 valence electrons. The van der Waals surface area contributed by atoms with Crippen LogP contribution in [0.2, 0.25) is 0 Å². The highest BCUT2D eigenvalue weighted by atomic mass is 16.5. The molecule has 1 saturated carbocycles. The van der Waals surface area contributed by atoms with E-state index in [2.05, 4.69) is 26.6 Å². The zero-order valence-electron chi connectivity index (χ0n) is 35.2. The van der Waals surface area contributed by atoms with Crippen LogP contribution in [0.1, 0.15) is 122 Å². The van der Waals surface area contributed by atoms with Gasteiger partial charge in [-0.3, -0.25) is 48.6 Å². The first-order chi connectivity index (χ1) is 31.0. The van der Waals surface area contributed by atoms with Crippen LogP contribution >= 0.6 is 0 Å². The summed E-state index contributed by atoms with van der Waals surface area (Å²) >= 11 is 0. The number of nitrogens with one attached hydrogen (secondary N) is 5. The number of benzene rings is 4. The minimum atomic E-state index is -0.992. The molecule has 1 unspecified atom stereocenters. The zero-order valence-corrected chi connectivity index (χ0v) is 35.2. The van der Waals surface area contributed by atoms with Crippen LogP contribution in [0, 0.1) is 0 Å². The van der Waals surface area contributed by atoms with Crippen LogP contribution in [-0.2, 0) is 20.9 Å². The average Bonchev–Trinajstić information content (AvgIpc) is 4.11. The molecule has 16 heteroatoms. The maximum absolute atomic E-state index is 13.5. The molecule has 0 spiro atoms. The van der Waals surface area contributed by atoms with E-state index in [0.29, 0.717) is 59.1 Å². The Morgan fingerprint density at radius 1 is 0.656 bits per heavy atom. The van der Waals surface area contributed by atoms with Gasteiger partial charge >= 0.3 is 0 Å². The van der Waals surface area contributed by atoms with Crippen molar-refractivity contribution in [3.63, 3.8) is 0 Å². The van der Waals surface area contributed by atoms with E-state index in [1.807, 2.05) is 17.0 Å². The second-order valence-corrected chi connectivity index (χ2v) is 16.5. The largest absolute Gasteiger partial charge is 0.482 e. The Morgan fingerprint density at radius 3 is 2.05 bits per heavy atom. The summed E-state index contributed by atoms with van der Waals surface area (Å²) in [5.41, 5.74) is 4.62. The van der Waals surface area contributed by atoms with Gasteiger partial charge in [0.1, 0.15) is 11.8 Å². The summed E-state index contributed by atoms with van der Waals surface area (Å²) in [5, 5.41) is 14.1. The number of fused-ring (bicyclic) bond motifs is 2. The van der Waals surface area contributed by atoms with Crippen LogP contribution in [0.25, 0.3) is 0 Å². The first-order valence-corrected chi connectivity index (χ1v) is 21.8. The molecule has 1 saturated heterocycles. The van der Waals surface area contributed by atoms with Crippen molar-refractivity contribution in [2.24, 2.45) is 0 Å². The van der Waals surface area contributed by atoms with Gasteiger partial charge < -0.3 is 30.9 Å². The third kappa shape index (κ3) is 10.1. The van der Waals surface area contributed by atoms with Gasteiger partial charge in [0.25, 0.3) is 35.4 Å². The third-order valence-electron chi connectivity index (χ3n) is 11.7. The van der Waals surface area contributed by atoms with E-state index in [1.54, 1.807) is 72.8 Å². The SMILES string of the molecule is O=C1CCC(N2C(=O)c3ccc(NCCCCCCCCNC(=O)c4ccc(NC(=O)c5ccc(CN(C(=O)c6ccc7c(c6)OCC(=O)N7)C6CC6)cc5)cc4)cc3C2=O)C(=O)N1. The summed E-state index contributed by atoms with van der Waals surface area (Å²) in [5.74, 6) is -2.48. The number of imide groups is 2. The highest BCUT2D eigenvalue weighted by molar-refractivity contribution is 6.23. The van der Waals surface area contributed by atoms with Crippen LogP contribution in [0.4, 0.5) is 17.1 Å². The fourth-order valence-corrected chi connectivity index (χ4v) is 8.07. The Balaban J connectivity index is 0.698. The molecule has 4 aromatic rings. The van der Waals surface area contributed by atoms with Crippen LogP contribution in [0.5, 0.6) is 5.75 Å². The lowest BCUT2D eigenvalue weighted by molar-refractivity contribution is -0.136. The topological polar surface area (TPSA) is 212 Å². The highest BCUT2D eigenvalue weighted by Gasteiger charge is 2.44. The lowest BCUT2D eigenvalue weighted by Gasteiger charge is -2.27. The van der Waals surface area contributed by atoms with Gasteiger partial charge in [-0.15, -0.1) is 0 Å². The summed E-state index contributed by atoms with van der Waals surface area (Å²) in [4.78, 5) is 104. The predicted octanol–water partition coefficient (Wildman–Crippen LogP) is 5.66. The molecule has 4 aliphatic rings. The summed E-state index contributed by atoms with van der Waals surface area (Å²) in [6.07, 6.45) is 7.80. The van der Waals surface area contributed by atoms with Crippen molar-refractivity contribution in [2.45, 2.75) is 82.8 Å². The summed E-state index contributed by atoms with van der Waals surface area (Å²) in [6.45, 7) is 1.53. The number of ether oxygens (including phenoxy) is 1. The molecule has 0 bridgehead atoms. The van der Waals surface area contributed by atoms with Crippen molar-refractivity contribution >= 4 is 64.3 Å². The maximum Gasteiger partial charge on any atom is 0.262 e. The fraction of sp³-hybridized carbons (Fsp3) is 0.333. The second kappa shape index (κ2) is 19.4. The Kier molecular flexibility index (Phi) is 13.1. The van der Waals surface area contributed by atoms with Crippen LogP contribution < -0.4 is 31.3 Å². The molecule has 3 aliphatic heterocycles. The van der Waals surface area contributed by atoms with Gasteiger partial charge in [0.05, 0.1) is 16.8 Å². The Labute approximate surface area is 369 Å². The van der Waals surface area contributed by atoms with E-state index in [0.717, 1.165) is 61.8 Å². The van der Waals surface area contributed by atoms with E-state index >= 15 is 0 Å². The van der Waals surface area contributed by atoms with E-state index < -0.39 is 29.7 Å². The molecule has 2 fully saturated rings. The first-order valence-electron chi connectivity index (χ1n) is 21.8. The number of unbranched alkanes of at least 4 members (excludes halogenated alkanes) is 5. The van der Waals surface area contributed by atoms with E-state index in [1.165, 1.54) is 0 Å². The minimum Gasteiger partial charge on any atom is -0.482 e. The number of hydrogen-bond donors (Lipinski definition) is 5. The molecule has 16 nitrogen and oxygen atoms in total. The molecular weight excluding hydrogens is 819 g/mol. The summed E-state index contributed by atoms with van der Waals surface area (Å²) in [6, 6.07) is 23.0. The monoisotopic (exact) mass is 867 g/mol. The Bertz CT molecular complexity index is 2500. The van der Waals surface area contributed by atoms with Crippen molar-refractivity contribution in [1.82, 2.24) is 20.4 Å². The van der Waals surface area contributed by atoms with E-state index in [9.17, 15) is 38.4 Å². The number of piperidine rings is 1. The molecule has 0 aromatic heterocycles. The maximum atomic E-state index is 13.5. The number of carbonyl (C=O) groups excluding carboxylic acids is 8. The lowest BCUT2D eigenvalue weighted by atomic mass is 10.0. The van der Waals surface area contributed by atoms with Crippen molar-refractivity contribution in [1.29, 1.82) is 0 Å². The van der Waals surface area contributed by atoms with Crippen molar-refractivity contribution in [3.05, 3.63) is 118 Å². The standard InChI is InChI=1S/C48H49N7O9/c56-41-22-21-39(45(60)53-41)55-47(62)36-19-16-34(26-37(36)48(55)63)49-23-5-3-1-2-4-6-24-50-43(58)30-11-14-33(15-12-30)51-44(59)31-9-7-29(8-10-31)27-54(35-17-18-35)46(61)32-13-20-38-40(25-32)64-28-42(57)52-38/h7-16,19-20,25-26,35,39,49H,1-6,17-18,21-24,27-28H2,(H,50,58)(H,51,59)(H,52,57)(H,53,56,60). The van der Waals surface area contributed by atoms with Crippen LogP contribution in [-0.4, -0.2) is 88.8 Å². The van der Waals surface area contributed by atoms with Gasteiger partial charge in [-0.2, -0.15) is 0 Å². The molecule has 5 N–H and O–H groups in total. The van der Waals surface area contributed by atoms with E-state index in [4.69, 9.17) is 4.74 Å². The first kappa shape index (κ1) is 43.3. The fourth-order valence-electron chi connectivity index (χ4n) is 8.07. The van der Waals surface area contributed by atoms with Gasteiger partial charge in [0.2, 0.25) is 11.8 Å². The second-order valence-electron chi connectivity index (χ2n) is 16.5. The Morgan fingerprint density at radius 2 is 1.31 bits per heavy atom. The zero-order chi connectivity index (χ0) is 44.7. The third-order valence-corrected chi connectivity index (χ3v) is 11.7. The number of rotatable bonds is 18. The molecule has 1 atom stereocenters. The van der Waals surface area contributed by atoms with Gasteiger partial charge in [0, 0.05) is 60.2 Å². The molecular formula is C48H49N7O9. The van der Waals surface area contributed by atoms with Crippen molar-refractivity contribution in [3.8, 4) is 5.75 Å². The predicted molar refractivity (Wildman–Crippen MR) is 236 cm³/mol. The van der Waals surface area contributed by atoms with E-state index in [-0.39, 0.29) is 60.2 Å². The smallest absolute Gasteiger partial charge is 0.262 e. The van der Waals surface area contributed by atoms with Gasteiger partial charge in [-0.25, -0.2) is 0 Å². The normalized spacial score (nSPS) is 16.5. The summed E-state index contributed by atoms with van der Waals surface area (Å²) in [7, 11) is 0. The highest BCUT2D eigenvalue weighted by Crippen LogP contribution is 2.34. The van der Waals surface area contributed by atoms with Crippen molar-refractivity contribution in [2.75, 3.05) is 35.6 Å². The molecule has 0 radical (unpaired) electrons. The minimum absolute atomic E-state index is 0.0728. The number of nitrogens with zero attached hydrogens (tertiary/aromatic N) is 2. The van der Waals surface area contributed by atoms with Crippen LogP contribution in [0.15, 0.2) is 84.9 Å². The molecule has 64 heavy (non-hydrogen) atoms. The molecule has 4 aromatic carbocycles. The number of amides is 8. The number of anilines is 3.